The van der Waals surface area contributed by atoms with Crippen LogP contribution in [0.25, 0.3) is 0 Å². The molecule has 1 N–H and O–H groups in total. The molecule has 8 heteroatoms. The molecule has 1 amide bonds. The summed E-state index contributed by atoms with van der Waals surface area (Å²) >= 11 is 0. The Morgan fingerprint density at radius 3 is 2.64 bits per heavy atom. The van der Waals surface area contributed by atoms with Gasteiger partial charge >= 0.3 is 0 Å². The van der Waals surface area contributed by atoms with Gasteiger partial charge in [0.2, 0.25) is 21.8 Å². The summed E-state index contributed by atoms with van der Waals surface area (Å²) in [6.45, 7) is 4.23. The number of nitrogens with zero attached hydrogens (tertiary/aromatic N) is 2. The van der Waals surface area contributed by atoms with E-state index in [9.17, 15) is 13.2 Å². The molecule has 1 aromatic heterocycles. The summed E-state index contributed by atoms with van der Waals surface area (Å²) in [5.41, 5.74) is 0. The Morgan fingerprint density at radius 2 is 1.96 bits per heavy atom. The molecule has 1 aliphatic rings. The van der Waals surface area contributed by atoms with Crippen LogP contribution in [0.1, 0.15) is 19.3 Å². The molecule has 1 atom stereocenters. The van der Waals surface area contributed by atoms with Crippen LogP contribution in [0, 0.1) is 0 Å². The summed E-state index contributed by atoms with van der Waals surface area (Å²) in [6, 6.07) is 11.6. The summed E-state index contributed by atoms with van der Waals surface area (Å²) < 4.78 is 33.0. The molecule has 2 aromatic rings. The van der Waals surface area contributed by atoms with Crippen LogP contribution in [0.15, 0.2) is 66.2 Å². The molecule has 0 saturated carbocycles. The van der Waals surface area contributed by atoms with Crippen LogP contribution in [0.3, 0.4) is 0 Å². The number of aromatic nitrogens is 1. The third-order valence-corrected chi connectivity index (χ3v) is 6.45. The number of rotatable bonds is 6. The van der Waals surface area contributed by atoms with Crippen molar-refractivity contribution < 1.29 is 17.9 Å². The predicted octanol–water partition coefficient (Wildman–Crippen LogP) is 2.72. The highest BCUT2D eigenvalue weighted by Gasteiger charge is 2.28. The van der Waals surface area contributed by atoms with Gasteiger partial charge in [-0.15, -0.1) is 0 Å². The maximum atomic E-state index is 13.0. The Hall–Kier alpha value is -2.71. The number of carbonyl (C=O) groups excluding carboxylic acids is 1. The van der Waals surface area contributed by atoms with E-state index in [4.69, 9.17) is 4.74 Å². The van der Waals surface area contributed by atoms with Crippen LogP contribution in [-0.2, 0) is 14.8 Å². The van der Waals surface area contributed by atoms with Crippen molar-refractivity contribution in [2.75, 3.05) is 13.1 Å². The van der Waals surface area contributed by atoms with Gasteiger partial charge in [0, 0.05) is 31.4 Å². The Kier molecular flexibility index (Phi) is 6.43. The van der Waals surface area contributed by atoms with Gasteiger partial charge in [-0.1, -0.05) is 12.6 Å². The van der Waals surface area contributed by atoms with E-state index in [1.807, 2.05) is 6.07 Å². The van der Waals surface area contributed by atoms with E-state index in [0.29, 0.717) is 37.6 Å². The second kappa shape index (κ2) is 8.99. The van der Waals surface area contributed by atoms with Gasteiger partial charge in [0.1, 0.15) is 5.75 Å². The number of nitrogens with one attached hydrogen (secondary N) is 1. The zero-order valence-electron chi connectivity index (χ0n) is 15.5. The van der Waals surface area contributed by atoms with Gasteiger partial charge in [0.15, 0.2) is 0 Å². The van der Waals surface area contributed by atoms with Gasteiger partial charge in [-0.2, -0.15) is 4.31 Å². The Morgan fingerprint density at radius 1 is 1.18 bits per heavy atom. The zero-order valence-corrected chi connectivity index (χ0v) is 16.3. The maximum absolute atomic E-state index is 13.0. The predicted molar refractivity (Wildman–Crippen MR) is 105 cm³/mol. The normalized spacial score (nSPS) is 18.1. The van der Waals surface area contributed by atoms with Crippen molar-refractivity contribution in [3.63, 3.8) is 0 Å². The fourth-order valence-corrected chi connectivity index (χ4v) is 4.57. The fourth-order valence-electron chi connectivity index (χ4n) is 3.07. The highest BCUT2D eigenvalue weighted by molar-refractivity contribution is 7.89. The van der Waals surface area contributed by atoms with E-state index in [1.54, 1.807) is 30.5 Å². The first-order chi connectivity index (χ1) is 13.5. The molecule has 1 aliphatic heterocycles. The van der Waals surface area contributed by atoms with Gasteiger partial charge in [-0.05, 0) is 55.7 Å². The van der Waals surface area contributed by atoms with E-state index >= 15 is 0 Å². The average Bonchev–Trinajstić information content (AvgIpc) is 2.95. The standard InChI is InChI=1S/C20H23N3O4S/c1-2-19(24)22-16-6-5-14-23(15-12-16)28(25,26)18-10-8-17(9-11-18)27-20-7-3-4-13-21-20/h2-4,7-11,13,16H,1,5-6,12,14-15H2,(H,22,24). The van der Waals surface area contributed by atoms with E-state index < -0.39 is 10.0 Å². The van der Waals surface area contributed by atoms with Crippen LogP contribution in [0.5, 0.6) is 11.6 Å². The number of hydrogen-bond acceptors (Lipinski definition) is 5. The lowest BCUT2D eigenvalue weighted by Crippen LogP contribution is -2.36. The van der Waals surface area contributed by atoms with Crippen molar-refractivity contribution in [3.05, 3.63) is 61.3 Å². The first-order valence-electron chi connectivity index (χ1n) is 9.11. The third kappa shape index (κ3) is 4.96. The van der Waals surface area contributed by atoms with Crippen molar-refractivity contribution >= 4 is 15.9 Å². The van der Waals surface area contributed by atoms with E-state index in [-0.39, 0.29) is 16.8 Å². The van der Waals surface area contributed by atoms with Crippen LogP contribution in [-0.4, -0.2) is 42.7 Å². The van der Waals surface area contributed by atoms with E-state index in [1.165, 1.54) is 22.5 Å². The second-order valence-corrected chi connectivity index (χ2v) is 8.42. The first kappa shape index (κ1) is 20.0. The summed E-state index contributed by atoms with van der Waals surface area (Å²) in [5.74, 6) is 0.726. The lowest BCUT2D eigenvalue weighted by molar-refractivity contribution is -0.117. The SMILES string of the molecule is C=CC(=O)NC1CCCN(S(=O)(=O)c2ccc(Oc3ccccn3)cc2)CC1. The van der Waals surface area contributed by atoms with E-state index in [2.05, 4.69) is 16.9 Å². The molecule has 148 valence electrons. The fraction of sp³-hybridized carbons (Fsp3) is 0.300. The molecule has 0 spiro atoms. The summed E-state index contributed by atoms with van der Waals surface area (Å²) in [4.78, 5) is 15.8. The number of sulfonamides is 1. The number of benzene rings is 1. The number of carbonyl (C=O) groups is 1. The molecule has 0 radical (unpaired) electrons. The van der Waals surface area contributed by atoms with Gasteiger partial charge < -0.3 is 10.1 Å². The molecule has 0 bridgehead atoms. The number of amides is 1. The quantitative estimate of drug-likeness (QED) is 0.752. The summed E-state index contributed by atoms with van der Waals surface area (Å²) in [5, 5.41) is 2.85. The monoisotopic (exact) mass is 401 g/mol. The molecule has 28 heavy (non-hydrogen) atoms. The molecule has 3 rings (SSSR count). The molecule has 1 unspecified atom stereocenters. The van der Waals surface area contributed by atoms with Crippen molar-refractivity contribution in [1.82, 2.24) is 14.6 Å². The highest BCUT2D eigenvalue weighted by atomic mass is 32.2. The van der Waals surface area contributed by atoms with Crippen molar-refractivity contribution in [3.8, 4) is 11.6 Å². The average molecular weight is 401 g/mol. The molecule has 1 saturated heterocycles. The molecule has 1 fully saturated rings. The molecule has 2 heterocycles. The van der Waals surface area contributed by atoms with Crippen LogP contribution in [0.2, 0.25) is 0 Å². The minimum absolute atomic E-state index is 0.0418. The number of pyridine rings is 1. The van der Waals surface area contributed by atoms with Crippen molar-refractivity contribution in [2.45, 2.75) is 30.2 Å². The van der Waals surface area contributed by atoms with Gasteiger partial charge in [0.05, 0.1) is 4.90 Å². The minimum atomic E-state index is -3.60. The van der Waals surface area contributed by atoms with Crippen molar-refractivity contribution in [2.24, 2.45) is 0 Å². The van der Waals surface area contributed by atoms with Gasteiger partial charge in [0.25, 0.3) is 0 Å². The lowest BCUT2D eigenvalue weighted by atomic mass is 10.1. The first-order valence-corrected chi connectivity index (χ1v) is 10.5. The van der Waals surface area contributed by atoms with Crippen LogP contribution in [0.4, 0.5) is 0 Å². The zero-order chi connectivity index (χ0) is 20.0. The molecule has 1 aromatic carbocycles. The minimum Gasteiger partial charge on any atom is -0.439 e. The molecule has 0 aliphatic carbocycles. The third-order valence-electron chi connectivity index (χ3n) is 4.54. The van der Waals surface area contributed by atoms with Gasteiger partial charge in [-0.3, -0.25) is 4.79 Å². The maximum Gasteiger partial charge on any atom is 0.243 e. The van der Waals surface area contributed by atoms with Crippen LogP contribution >= 0.6 is 0 Å². The Bertz CT molecular complexity index is 914. The number of hydrogen-bond donors (Lipinski definition) is 1. The second-order valence-electron chi connectivity index (χ2n) is 6.49. The molecular formula is C20H23N3O4S. The smallest absolute Gasteiger partial charge is 0.243 e. The van der Waals surface area contributed by atoms with Crippen LogP contribution < -0.4 is 10.1 Å². The summed E-state index contributed by atoms with van der Waals surface area (Å²) in [6.07, 6.45) is 4.84. The topological polar surface area (TPSA) is 88.6 Å². The highest BCUT2D eigenvalue weighted by Crippen LogP contribution is 2.24. The van der Waals surface area contributed by atoms with Crippen molar-refractivity contribution in [1.29, 1.82) is 0 Å². The summed E-state index contributed by atoms with van der Waals surface area (Å²) in [7, 11) is -3.60. The lowest BCUT2D eigenvalue weighted by Gasteiger charge is -2.20. The number of ether oxygens (including phenoxy) is 1. The Balaban J connectivity index is 1.66. The van der Waals surface area contributed by atoms with E-state index in [0.717, 1.165) is 6.42 Å². The Labute approximate surface area is 165 Å². The molecule has 7 nitrogen and oxygen atoms in total. The molecular weight excluding hydrogens is 378 g/mol. The van der Waals surface area contributed by atoms with Gasteiger partial charge in [-0.25, -0.2) is 13.4 Å². The largest absolute Gasteiger partial charge is 0.439 e.